The van der Waals surface area contributed by atoms with Crippen molar-refractivity contribution in [2.24, 2.45) is 0 Å². The standard InChI is InChI=1S/C12H18N6O/c1-7(2)12-16-9(13)6-11(17-12)14-5-4-10-15-8(3)19-18-10/h6-7H,4-5H2,1-3H3,(H3,13,14,16,17). The molecule has 0 aliphatic rings. The zero-order valence-corrected chi connectivity index (χ0v) is 11.3. The first-order valence-corrected chi connectivity index (χ1v) is 6.22. The van der Waals surface area contributed by atoms with E-state index in [9.17, 15) is 0 Å². The third kappa shape index (κ3) is 3.64. The number of hydrogen-bond donors (Lipinski definition) is 2. The molecule has 102 valence electrons. The fraction of sp³-hybridized carbons (Fsp3) is 0.500. The molecule has 0 bridgehead atoms. The molecule has 0 spiro atoms. The summed E-state index contributed by atoms with van der Waals surface area (Å²) in [4.78, 5) is 12.7. The summed E-state index contributed by atoms with van der Waals surface area (Å²) in [6, 6.07) is 1.72. The number of anilines is 2. The Morgan fingerprint density at radius 1 is 1.32 bits per heavy atom. The highest BCUT2D eigenvalue weighted by Gasteiger charge is 2.07. The molecule has 2 rings (SSSR count). The molecule has 0 saturated carbocycles. The minimum Gasteiger partial charge on any atom is -0.384 e. The Labute approximate surface area is 111 Å². The second kappa shape index (κ2) is 5.64. The van der Waals surface area contributed by atoms with Crippen LogP contribution in [-0.2, 0) is 6.42 Å². The first kappa shape index (κ1) is 13.3. The molecule has 0 aromatic carbocycles. The maximum Gasteiger partial charge on any atom is 0.223 e. The van der Waals surface area contributed by atoms with Crippen LogP contribution in [0.25, 0.3) is 0 Å². The van der Waals surface area contributed by atoms with Gasteiger partial charge in [-0.25, -0.2) is 9.97 Å². The van der Waals surface area contributed by atoms with Crippen molar-refractivity contribution in [2.75, 3.05) is 17.6 Å². The van der Waals surface area contributed by atoms with E-state index in [1.807, 2.05) is 13.8 Å². The summed E-state index contributed by atoms with van der Waals surface area (Å²) in [6.07, 6.45) is 0.665. The number of nitrogens with two attached hydrogens (primary N) is 1. The Kier molecular flexibility index (Phi) is 3.94. The predicted octanol–water partition coefficient (Wildman–Crippen LogP) is 1.53. The average molecular weight is 262 g/mol. The van der Waals surface area contributed by atoms with Gasteiger partial charge in [-0.05, 0) is 0 Å². The third-order valence-corrected chi connectivity index (χ3v) is 2.50. The van der Waals surface area contributed by atoms with Crippen molar-refractivity contribution in [3.8, 4) is 0 Å². The number of nitrogen functional groups attached to an aromatic ring is 1. The van der Waals surface area contributed by atoms with Crippen LogP contribution in [0.4, 0.5) is 11.6 Å². The molecule has 2 aromatic rings. The van der Waals surface area contributed by atoms with Crippen molar-refractivity contribution in [3.05, 3.63) is 23.6 Å². The maximum atomic E-state index is 5.75. The van der Waals surface area contributed by atoms with E-state index in [1.54, 1.807) is 13.0 Å². The molecule has 0 aliphatic heterocycles. The van der Waals surface area contributed by atoms with Crippen LogP contribution in [0.1, 0.15) is 37.3 Å². The molecule has 19 heavy (non-hydrogen) atoms. The van der Waals surface area contributed by atoms with Crippen molar-refractivity contribution in [1.82, 2.24) is 20.1 Å². The summed E-state index contributed by atoms with van der Waals surface area (Å²) in [5.74, 6) is 3.41. The highest BCUT2D eigenvalue weighted by atomic mass is 16.5. The second-order valence-electron chi connectivity index (χ2n) is 4.60. The van der Waals surface area contributed by atoms with Gasteiger partial charge in [0.25, 0.3) is 0 Å². The van der Waals surface area contributed by atoms with E-state index in [1.165, 1.54) is 0 Å². The zero-order valence-electron chi connectivity index (χ0n) is 11.3. The third-order valence-electron chi connectivity index (χ3n) is 2.50. The number of aryl methyl sites for hydroxylation is 1. The molecule has 0 aliphatic carbocycles. The van der Waals surface area contributed by atoms with E-state index in [0.29, 0.717) is 30.5 Å². The Hall–Kier alpha value is -2.18. The van der Waals surface area contributed by atoms with Gasteiger partial charge in [-0.15, -0.1) is 0 Å². The molecule has 2 heterocycles. The molecule has 3 N–H and O–H groups in total. The minimum absolute atomic E-state index is 0.240. The van der Waals surface area contributed by atoms with E-state index in [2.05, 4.69) is 25.4 Å². The molecule has 0 saturated heterocycles. The summed E-state index contributed by atoms with van der Waals surface area (Å²) < 4.78 is 4.90. The van der Waals surface area contributed by atoms with Crippen LogP contribution in [0.5, 0.6) is 0 Å². The van der Waals surface area contributed by atoms with Crippen LogP contribution < -0.4 is 11.1 Å². The monoisotopic (exact) mass is 262 g/mol. The fourth-order valence-corrected chi connectivity index (χ4v) is 1.58. The van der Waals surface area contributed by atoms with Crippen LogP contribution in [0, 0.1) is 6.92 Å². The molecular weight excluding hydrogens is 244 g/mol. The van der Waals surface area contributed by atoms with Crippen LogP contribution >= 0.6 is 0 Å². The predicted molar refractivity (Wildman–Crippen MR) is 71.8 cm³/mol. The van der Waals surface area contributed by atoms with Crippen molar-refractivity contribution >= 4 is 11.6 Å². The summed E-state index contributed by atoms with van der Waals surface area (Å²) in [5, 5.41) is 7.01. The summed E-state index contributed by atoms with van der Waals surface area (Å²) in [6.45, 7) is 6.48. The number of rotatable bonds is 5. The summed E-state index contributed by atoms with van der Waals surface area (Å²) in [7, 11) is 0. The van der Waals surface area contributed by atoms with Gasteiger partial charge in [0.1, 0.15) is 17.5 Å². The van der Waals surface area contributed by atoms with Gasteiger partial charge in [0.05, 0.1) is 0 Å². The van der Waals surface area contributed by atoms with Crippen LogP contribution in [0.2, 0.25) is 0 Å². The first-order valence-electron chi connectivity index (χ1n) is 6.22. The van der Waals surface area contributed by atoms with Crippen LogP contribution in [0.15, 0.2) is 10.6 Å². The molecular formula is C12H18N6O. The minimum atomic E-state index is 0.240. The maximum absolute atomic E-state index is 5.75. The van der Waals surface area contributed by atoms with Crippen molar-refractivity contribution in [3.63, 3.8) is 0 Å². The Balaban J connectivity index is 1.95. The van der Waals surface area contributed by atoms with Crippen molar-refractivity contribution in [2.45, 2.75) is 33.1 Å². The van der Waals surface area contributed by atoms with Crippen LogP contribution in [0.3, 0.4) is 0 Å². The molecule has 7 heteroatoms. The Morgan fingerprint density at radius 2 is 2.11 bits per heavy atom. The highest BCUT2D eigenvalue weighted by molar-refractivity contribution is 5.44. The van der Waals surface area contributed by atoms with E-state index < -0.39 is 0 Å². The Bertz CT molecular complexity index is 551. The molecule has 0 fully saturated rings. The van der Waals surface area contributed by atoms with Gasteiger partial charge >= 0.3 is 0 Å². The van der Waals surface area contributed by atoms with Crippen molar-refractivity contribution < 1.29 is 4.52 Å². The smallest absolute Gasteiger partial charge is 0.223 e. The normalized spacial score (nSPS) is 10.9. The fourth-order valence-electron chi connectivity index (χ4n) is 1.58. The molecule has 0 unspecified atom stereocenters. The van der Waals surface area contributed by atoms with E-state index in [-0.39, 0.29) is 5.92 Å². The quantitative estimate of drug-likeness (QED) is 0.842. The largest absolute Gasteiger partial charge is 0.384 e. The summed E-state index contributed by atoms with van der Waals surface area (Å²) >= 11 is 0. The van der Waals surface area contributed by atoms with Gasteiger partial charge in [-0.3, -0.25) is 0 Å². The van der Waals surface area contributed by atoms with Gasteiger partial charge in [0.2, 0.25) is 5.89 Å². The lowest BCUT2D eigenvalue weighted by Gasteiger charge is -2.09. The summed E-state index contributed by atoms with van der Waals surface area (Å²) in [5.41, 5.74) is 5.75. The van der Waals surface area contributed by atoms with E-state index in [0.717, 1.165) is 11.6 Å². The molecule has 0 amide bonds. The number of hydrogen-bond acceptors (Lipinski definition) is 7. The van der Waals surface area contributed by atoms with Gasteiger partial charge in [0.15, 0.2) is 5.82 Å². The molecule has 0 radical (unpaired) electrons. The molecule has 0 atom stereocenters. The Morgan fingerprint density at radius 3 is 2.74 bits per heavy atom. The lowest BCUT2D eigenvalue weighted by molar-refractivity contribution is 0.387. The highest BCUT2D eigenvalue weighted by Crippen LogP contribution is 2.14. The van der Waals surface area contributed by atoms with E-state index >= 15 is 0 Å². The zero-order chi connectivity index (χ0) is 13.8. The number of aromatic nitrogens is 4. The average Bonchev–Trinajstić information content (AvgIpc) is 2.74. The van der Waals surface area contributed by atoms with Crippen molar-refractivity contribution in [1.29, 1.82) is 0 Å². The second-order valence-corrected chi connectivity index (χ2v) is 4.60. The first-order chi connectivity index (χ1) is 9.04. The van der Waals surface area contributed by atoms with Gasteiger partial charge < -0.3 is 15.6 Å². The van der Waals surface area contributed by atoms with Gasteiger partial charge in [-0.2, -0.15) is 4.98 Å². The van der Waals surface area contributed by atoms with Gasteiger partial charge in [-0.1, -0.05) is 19.0 Å². The lowest BCUT2D eigenvalue weighted by Crippen LogP contribution is -2.10. The van der Waals surface area contributed by atoms with Gasteiger partial charge in [0, 0.05) is 31.9 Å². The SMILES string of the molecule is Cc1nc(CCNc2cc(N)nc(C(C)C)n2)no1. The topological polar surface area (TPSA) is 103 Å². The van der Waals surface area contributed by atoms with E-state index in [4.69, 9.17) is 10.3 Å². The lowest BCUT2D eigenvalue weighted by atomic mass is 10.2. The molecule has 2 aromatic heterocycles. The van der Waals surface area contributed by atoms with Crippen LogP contribution in [-0.4, -0.2) is 26.7 Å². The number of nitrogens with zero attached hydrogens (tertiary/aromatic N) is 4. The molecule has 7 nitrogen and oxygen atoms in total. The number of nitrogens with one attached hydrogen (secondary N) is 1.